The summed E-state index contributed by atoms with van der Waals surface area (Å²) in [6.07, 6.45) is 1.96. The quantitative estimate of drug-likeness (QED) is 0.620. The highest BCUT2D eigenvalue weighted by Crippen LogP contribution is 2.11. The van der Waals surface area contributed by atoms with E-state index in [2.05, 4.69) is 17.0 Å². The van der Waals surface area contributed by atoms with E-state index in [1.807, 2.05) is 0 Å². The number of sulfonamides is 1. The molecule has 0 aromatic carbocycles. The first kappa shape index (κ1) is 14.9. The van der Waals surface area contributed by atoms with Crippen molar-refractivity contribution in [3.63, 3.8) is 0 Å². The third-order valence-electron chi connectivity index (χ3n) is 2.99. The van der Waals surface area contributed by atoms with E-state index in [9.17, 15) is 8.42 Å². The zero-order chi connectivity index (χ0) is 12.7. The van der Waals surface area contributed by atoms with E-state index in [0.29, 0.717) is 25.6 Å². The van der Waals surface area contributed by atoms with Crippen LogP contribution in [0.15, 0.2) is 0 Å². The van der Waals surface area contributed by atoms with Crippen LogP contribution < -0.4 is 10.0 Å². The lowest BCUT2D eigenvalue weighted by atomic mass is 10.1. The lowest BCUT2D eigenvalue weighted by Crippen LogP contribution is -2.41. The Morgan fingerprint density at radius 3 is 2.82 bits per heavy atom. The Labute approximate surface area is 104 Å². The molecule has 1 saturated heterocycles. The number of ether oxygens (including phenoxy) is 1. The topological polar surface area (TPSA) is 67.4 Å². The van der Waals surface area contributed by atoms with Crippen molar-refractivity contribution in [3.8, 4) is 0 Å². The molecule has 17 heavy (non-hydrogen) atoms. The van der Waals surface area contributed by atoms with Crippen molar-refractivity contribution in [2.24, 2.45) is 5.92 Å². The van der Waals surface area contributed by atoms with Gasteiger partial charge in [-0.2, -0.15) is 0 Å². The fourth-order valence-corrected chi connectivity index (χ4v) is 2.80. The standard InChI is InChI=1S/C11H24N2O3S/c1-3-5-12-7-10(2)17(14,15)13-8-11-4-6-16-9-11/h10-13H,3-9H2,1-2H3. The molecule has 0 aromatic rings. The van der Waals surface area contributed by atoms with Crippen LogP contribution in [-0.4, -0.2) is 46.5 Å². The number of nitrogens with one attached hydrogen (secondary N) is 2. The third kappa shape index (κ3) is 5.33. The molecule has 1 rings (SSSR count). The molecule has 1 aliphatic heterocycles. The third-order valence-corrected chi connectivity index (χ3v) is 4.78. The summed E-state index contributed by atoms with van der Waals surface area (Å²) in [5.41, 5.74) is 0. The Kier molecular flexibility index (Phi) is 6.40. The Bertz CT molecular complexity index is 300. The maximum Gasteiger partial charge on any atom is 0.215 e. The van der Waals surface area contributed by atoms with Crippen molar-refractivity contribution in [2.75, 3.05) is 32.8 Å². The van der Waals surface area contributed by atoms with Gasteiger partial charge in [0, 0.05) is 19.7 Å². The van der Waals surface area contributed by atoms with E-state index < -0.39 is 15.3 Å². The van der Waals surface area contributed by atoms with Gasteiger partial charge in [0.15, 0.2) is 0 Å². The first-order valence-electron chi connectivity index (χ1n) is 6.33. The van der Waals surface area contributed by atoms with Crippen molar-refractivity contribution < 1.29 is 13.2 Å². The number of hydrogen-bond donors (Lipinski definition) is 2. The van der Waals surface area contributed by atoms with Crippen molar-refractivity contribution in [3.05, 3.63) is 0 Å². The SMILES string of the molecule is CCCNCC(C)S(=O)(=O)NCC1CCOC1. The van der Waals surface area contributed by atoms with E-state index in [4.69, 9.17) is 4.74 Å². The van der Waals surface area contributed by atoms with E-state index in [1.165, 1.54) is 0 Å². The normalized spacial score (nSPS) is 22.8. The highest BCUT2D eigenvalue weighted by Gasteiger charge is 2.23. The first-order chi connectivity index (χ1) is 8.06. The predicted octanol–water partition coefficient (Wildman–Crippen LogP) is 0.330. The Morgan fingerprint density at radius 1 is 1.47 bits per heavy atom. The minimum Gasteiger partial charge on any atom is -0.381 e. The second-order valence-electron chi connectivity index (χ2n) is 4.64. The fraction of sp³-hybridized carbons (Fsp3) is 1.00. The van der Waals surface area contributed by atoms with Crippen LogP contribution in [0.25, 0.3) is 0 Å². The van der Waals surface area contributed by atoms with Gasteiger partial charge in [-0.3, -0.25) is 0 Å². The Morgan fingerprint density at radius 2 is 2.24 bits per heavy atom. The monoisotopic (exact) mass is 264 g/mol. The predicted molar refractivity (Wildman–Crippen MR) is 68.5 cm³/mol. The van der Waals surface area contributed by atoms with Gasteiger partial charge in [-0.1, -0.05) is 6.92 Å². The summed E-state index contributed by atoms with van der Waals surface area (Å²) in [5, 5.41) is 2.73. The number of rotatable bonds is 8. The van der Waals surface area contributed by atoms with E-state index in [-0.39, 0.29) is 0 Å². The molecular weight excluding hydrogens is 240 g/mol. The Balaban J connectivity index is 2.27. The molecular formula is C11H24N2O3S. The molecule has 5 nitrogen and oxygen atoms in total. The maximum absolute atomic E-state index is 11.9. The summed E-state index contributed by atoms with van der Waals surface area (Å²) < 4.78 is 31.7. The van der Waals surface area contributed by atoms with Gasteiger partial charge in [-0.15, -0.1) is 0 Å². The van der Waals surface area contributed by atoms with Crippen molar-refractivity contribution in [1.82, 2.24) is 10.0 Å². The van der Waals surface area contributed by atoms with Crippen LogP contribution in [0, 0.1) is 5.92 Å². The maximum atomic E-state index is 11.9. The summed E-state index contributed by atoms with van der Waals surface area (Å²) in [7, 11) is -3.20. The van der Waals surface area contributed by atoms with Crippen LogP contribution >= 0.6 is 0 Å². The minimum atomic E-state index is -3.20. The summed E-state index contributed by atoms with van der Waals surface area (Å²) in [4.78, 5) is 0. The van der Waals surface area contributed by atoms with Gasteiger partial charge < -0.3 is 10.1 Å². The minimum absolute atomic E-state index is 0.334. The van der Waals surface area contributed by atoms with Gasteiger partial charge >= 0.3 is 0 Å². The van der Waals surface area contributed by atoms with Gasteiger partial charge in [-0.25, -0.2) is 13.1 Å². The average molecular weight is 264 g/mol. The molecule has 0 aliphatic carbocycles. The lowest BCUT2D eigenvalue weighted by molar-refractivity contribution is 0.186. The molecule has 1 aliphatic rings. The second-order valence-corrected chi connectivity index (χ2v) is 6.82. The Hall–Kier alpha value is -0.170. The first-order valence-corrected chi connectivity index (χ1v) is 7.87. The lowest BCUT2D eigenvalue weighted by Gasteiger charge is -2.16. The molecule has 0 bridgehead atoms. The van der Waals surface area contributed by atoms with E-state index in [0.717, 1.165) is 26.0 Å². The second kappa shape index (κ2) is 7.31. The van der Waals surface area contributed by atoms with Crippen LogP contribution in [0.5, 0.6) is 0 Å². The van der Waals surface area contributed by atoms with Crippen LogP contribution in [0.2, 0.25) is 0 Å². The van der Waals surface area contributed by atoms with Gasteiger partial charge in [-0.05, 0) is 32.2 Å². The summed E-state index contributed by atoms with van der Waals surface area (Å²) >= 11 is 0. The zero-order valence-corrected chi connectivity index (χ0v) is 11.6. The van der Waals surface area contributed by atoms with Crippen molar-refractivity contribution in [2.45, 2.75) is 31.9 Å². The molecule has 2 atom stereocenters. The summed E-state index contributed by atoms with van der Waals surface area (Å²) in [6.45, 7) is 7.08. The highest BCUT2D eigenvalue weighted by atomic mass is 32.2. The van der Waals surface area contributed by atoms with Crippen LogP contribution in [0.4, 0.5) is 0 Å². The average Bonchev–Trinajstić information content (AvgIpc) is 2.79. The molecule has 102 valence electrons. The van der Waals surface area contributed by atoms with Crippen LogP contribution in [-0.2, 0) is 14.8 Å². The highest BCUT2D eigenvalue weighted by molar-refractivity contribution is 7.90. The fourth-order valence-electron chi connectivity index (χ4n) is 1.71. The van der Waals surface area contributed by atoms with E-state index >= 15 is 0 Å². The molecule has 1 heterocycles. The largest absolute Gasteiger partial charge is 0.381 e. The van der Waals surface area contributed by atoms with Crippen molar-refractivity contribution >= 4 is 10.0 Å². The molecule has 0 saturated carbocycles. The molecule has 0 aromatic heterocycles. The van der Waals surface area contributed by atoms with Crippen LogP contribution in [0.3, 0.4) is 0 Å². The molecule has 2 unspecified atom stereocenters. The molecule has 1 fully saturated rings. The van der Waals surface area contributed by atoms with Gasteiger partial charge in [0.2, 0.25) is 10.0 Å². The van der Waals surface area contributed by atoms with Crippen LogP contribution in [0.1, 0.15) is 26.7 Å². The van der Waals surface area contributed by atoms with Gasteiger partial charge in [0.25, 0.3) is 0 Å². The van der Waals surface area contributed by atoms with E-state index in [1.54, 1.807) is 6.92 Å². The smallest absolute Gasteiger partial charge is 0.215 e. The number of hydrogen-bond acceptors (Lipinski definition) is 4. The van der Waals surface area contributed by atoms with Gasteiger partial charge in [0.05, 0.1) is 11.9 Å². The molecule has 6 heteroatoms. The summed E-state index contributed by atoms with van der Waals surface area (Å²) in [5.74, 6) is 0.334. The van der Waals surface area contributed by atoms with Gasteiger partial charge in [0.1, 0.15) is 0 Å². The zero-order valence-electron chi connectivity index (χ0n) is 10.7. The molecule has 0 spiro atoms. The molecule has 2 N–H and O–H groups in total. The van der Waals surface area contributed by atoms with Crippen molar-refractivity contribution in [1.29, 1.82) is 0 Å². The molecule has 0 amide bonds. The summed E-state index contributed by atoms with van der Waals surface area (Å²) in [6, 6.07) is 0. The molecule has 0 radical (unpaired) electrons.